The van der Waals surface area contributed by atoms with E-state index in [0.29, 0.717) is 13.2 Å². The molecule has 0 aromatic carbocycles. The van der Waals surface area contributed by atoms with Gasteiger partial charge in [-0.1, -0.05) is 25.7 Å². The highest BCUT2D eigenvalue weighted by molar-refractivity contribution is 9.10. The first-order valence-corrected chi connectivity index (χ1v) is 11.0. The molecule has 0 saturated carbocycles. The first kappa shape index (κ1) is 16.6. The molecule has 4 nitrogen and oxygen atoms in total. The quantitative estimate of drug-likeness (QED) is 0.445. The van der Waals surface area contributed by atoms with Gasteiger partial charge in [0.25, 0.3) is 0 Å². The molecule has 0 spiro atoms. The number of hydrogen-bond donors (Lipinski definition) is 1. The van der Waals surface area contributed by atoms with E-state index in [2.05, 4.69) is 47.1 Å². The molecule has 0 saturated heterocycles. The van der Waals surface area contributed by atoms with Gasteiger partial charge in [-0.2, -0.15) is 0 Å². The summed E-state index contributed by atoms with van der Waals surface area (Å²) in [6.45, 7) is 12.0. The lowest BCUT2D eigenvalue weighted by Gasteiger charge is -2.17. The molecule has 1 rings (SSSR count). The van der Waals surface area contributed by atoms with Gasteiger partial charge in [0, 0.05) is 20.9 Å². The molecular formula is C13H24BrN3OSi. The predicted octanol–water partition coefficient (Wildman–Crippen LogP) is 3.53. The number of rotatable bonds is 8. The molecule has 1 atom stereocenters. The maximum atomic E-state index is 6.07. The molecule has 0 amide bonds. The van der Waals surface area contributed by atoms with Crippen LogP contribution in [0, 0.1) is 0 Å². The number of aromatic nitrogens is 2. The van der Waals surface area contributed by atoms with Gasteiger partial charge in [0.1, 0.15) is 17.2 Å². The second-order valence-corrected chi connectivity index (χ2v) is 12.3. The third kappa shape index (κ3) is 6.03. The third-order valence-corrected chi connectivity index (χ3v) is 4.84. The summed E-state index contributed by atoms with van der Waals surface area (Å²) in [5.41, 5.74) is 6.07. The van der Waals surface area contributed by atoms with E-state index in [1.807, 2.05) is 16.8 Å². The lowest BCUT2D eigenvalue weighted by Crippen LogP contribution is -2.22. The highest BCUT2D eigenvalue weighted by Gasteiger charge is 2.15. The summed E-state index contributed by atoms with van der Waals surface area (Å²) in [4.78, 5) is 4.39. The van der Waals surface area contributed by atoms with E-state index in [1.54, 1.807) is 0 Å². The van der Waals surface area contributed by atoms with Crippen LogP contribution in [0.15, 0.2) is 23.5 Å². The summed E-state index contributed by atoms with van der Waals surface area (Å²) < 4.78 is 8.48. The molecular weight excluding hydrogens is 322 g/mol. The Morgan fingerprint density at radius 2 is 2.26 bits per heavy atom. The van der Waals surface area contributed by atoms with Crippen LogP contribution in [0.1, 0.15) is 18.3 Å². The molecule has 19 heavy (non-hydrogen) atoms. The summed E-state index contributed by atoms with van der Waals surface area (Å²) >= 11 is 3.38. The highest BCUT2D eigenvalue weighted by Crippen LogP contribution is 2.18. The van der Waals surface area contributed by atoms with Crippen molar-refractivity contribution in [3.8, 4) is 0 Å². The summed E-state index contributed by atoms with van der Waals surface area (Å²) in [7, 11) is -1.04. The third-order valence-electron chi connectivity index (χ3n) is 2.76. The Balaban J connectivity index is 2.55. The summed E-state index contributed by atoms with van der Waals surface area (Å²) in [6, 6.07) is 1.03. The molecule has 0 radical (unpaired) electrons. The molecule has 1 heterocycles. The van der Waals surface area contributed by atoms with E-state index >= 15 is 0 Å². The molecule has 0 aliphatic carbocycles. The van der Waals surface area contributed by atoms with E-state index in [1.165, 1.54) is 0 Å². The van der Waals surface area contributed by atoms with Crippen LogP contribution >= 0.6 is 15.9 Å². The van der Waals surface area contributed by atoms with Gasteiger partial charge in [-0.15, -0.1) is 6.58 Å². The number of nitrogens with two attached hydrogens (primary N) is 1. The van der Waals surface area contributed by atoms with Gasteiger partial charge in [0.15, 0.2) is 0 Å². The normalized spacial score (nSPS) is 13.5. The highest BCUT2D eigenvalue weighted by atomic mass is 79.9. The fourth-order valence-electron chi connectivity index (χ4n) is 1.62. The number of nitrogens with zero attached hydrogens (tertiary/aromatic N) is 2. The van der Waals surface area contributed by atoms with Crippen LogP contribution in [0.4, 0.5) is 0 Å². The van der Waals surface area contributed by atoms with Crippen molar-refractivity contribution in [1.29, 1.82) is 0 Å². The fraction of sp³-hybridized carbons (Fsp3) is 0.615. The van der Waals surface area contributed by atoms with Crippen molar-refractivity contribution in [2.45, 2.75) is 44.9 Å². The van der Waals surface area contributed by atoms with Crippen molar-refractivity contribution >= 4 is 24.0 Å². The van der Waals surface area contributed by atoms with Crippen LogP contribution in [0.2, 0.25) is 25.7 Å². The molecule has 0 fully saturated rings. The molecule has 1 aromatic rings. The van der Waals surface area contributed by atoms with E-state index in [9.17, 15) is 0 Å². The minimum atomic E-state index is -1.04. The summed E-state index contributed by atoms with van der Waals surface area (Å²) in [5.74, 6) is 0.833. The first-order chi connectivity index (χ1) is 8.83. The molecule has 2 N–H and O–H groups in total. The Morgan fingerprint density at radius 3 is 2.84 bits per heavy atom. The van der Waals surface area contributed by atoms with Crippen LogP contribution in [-0.4, -0.2) is 24.2 Å². The van der Waals surface area contributed by atoms with E-state index in [4.69, 9.17) is 10.5 Å². The average molecular weight is 346 g/mol. The molecule has 0 aliphatic heterocycles. The van der Waals surface area contributed by atoms with Crippen molar-refractivity contribution in [2.75, 3.05) is 6.61 Å². The van der Waals surface area contributed by atoms with E-state index in [-0.39, 0.29) is 6.04 Å². The SMILES string of the molecule is C=CCC(N)c1nc(Br)cn1COCC[Si](C)(C)C. The zero-order valence-electron chi connectivity index (χ0n) is 12.0. The van der Waals surface area contributed by atoms with Gasteiger partial charge in [-0.25, -0.2) is 4.98 Å². The Hall–Kier alpha value is -0.433. The van der Waals surface area contributed by atoms with E-state index in [0.717, 1.165) is 23.1 Å². The Morgan fingerprint density at radius 1 is 1.58 bits per heavy atom. The number of imidazole rings is 1. The first-order valence-electron chi connectivity index (χ1n) is 6.50. The van der Waals surface area contributed by atoms with Gasteiger partial charge in [-0.05, 0) is 28.4 Å². The van der Waals surface area contributed by atoms with Crippen molar-refractivity contribution in [1.82, 2.24) is 9.55 Å². The fourth-order valence-corrected chi connectivity index (χ4v) is 2.81. The smallest absolute Gasteiger partial charge is 0.129 e. The van der Waals surface area contributed by atoms with Gasteiger partial charge >= 0.3 is 0 Å². The minimum Gasteiger partial charge on any atom is -0.361 e. The van der Waals surface area contributed by atoms with Crippen molar-refractivity contribution in [3.05, 3.63) is 29.3 Å². The number of ether oxygens (including phenoxy) is 1. The molecule has 0 aliphatic rings. The zero-order chi connectivity index (χ0) is 14.5. The minimum absolute atomic E-state index is 0.135. The summed E-state index contributed by atoms with van der Waals surface area (Å²) in [6.07, 6.45) is 4.43. The number of hydrogen-bond acceptors (Lipinski definition) is 3. The molecule has 108 valence electrons. The van der Waals surface area contributed by atoms with Crippen LogP contribution in [0.3, 0.4) is 0 Å². The Bertz CT molecular complexity index is 415. The van der Waals surface area contributed by atoms with Crippen molar-refractivity contribution in [3.63, 3.8) is 0 Å². The molecule has 6 heteroatoms. The zero-order valence-corrected chi connectivity index (χ0v) is 14.6. The summed E-state index contributed by atoms with van der Waals surface area (Å²) in [5, 5.41) is 0. The van der Waals surface area contributed by atoms with Crippen LogP contribution < -0.4 is 5.73 Å². The molecule has 1 unspecified atom stereocenters. The monoisotopic (exact) mass is 345 g/mol. The van der Waals surface area contributed by atoms with Gasteiger partial charge in [-0.3, -0.25) is 0 Å². The van der Waals surface area contributed by atoms with Crippen molar-refractivity contribution < 1.29 is 4.74 Å². The Labute approximate surface area is 125 Å². The number of halogens is 1. The van der Waals surface area contributed by atoms with Crippen LogP contribution in [-0.2, 0) is 11.5 Å². The van der Waals surface area contributed by atoms with Crippen molar-refractivity contribution in [2.24, 2.45) is 5.73 Å². The topological polar surface area (TPSA) is 53.1 Å². The lowest BCUT2D eigenvalue weighted by molar-refractivity contribution is 0.0843. The second-order valence-electron chi connectivity index (χ2n) is 5.87. The van der Waals surface area contributed by atoms with E-state index < -0.39 is 8.07 Å². The van der Waals surface area contributed by atoms with Gasteiger partial charge < -0.3 is 15.0 Å². The maximum Gasteiger partial charge on any atom is 0.129 e. The predicted molar refractivity (Wildman–Crippen MR) is 85.8 cm³/mol. The van der Waals surface area contributed by atoms with Gasteiger partial charge in [0.2, 0.25) is 0 Å². The maximum absolute atomic E-state index is 6.07. The molecule has 0 bridgehead atoms. The van der Waals surface area contributed by atoms with Crippen LogP contribution in [0.25, 0.3) is 0 Å². The molecule has 1 aromatic heterocycles. The average Bonchev–Trinajstić information content (AvgIpc) is 2.65. The van der Waals surface area contributed by atoms with Gasteiger partial charge in [0.05, 0.1) is 6.04 Å². The largest absolute Gasteiger partial charge is 0.361 e. The second kappa shape index (κ2) is 7.38. The van der Waals surface area contributed by atoms with Crippen LogP contribution in [0.5, 0.6) is 0 Å². The Kier molecular flexibility index (Phi) is 6.45. The lowest BCUT2D eigenvalue weighted by atomic mass is 10.2. The standard InChI is InChI=1S/C13H24BrN3OSi/c1-5-6-11(15)13-16-12(14)9-17(13)10-18-7-8-19(2,3)4/h5,9,11H,1,6-8,10,15H2,2-4H3.